The largest absolute Gasteiger partial charge is 0.369 e. The summed E-state index contributed by atoms with van der Waals surface area (Å²) in [6.45, 7) is 6.38. The maximum Gasteiger partial charge on any atom is 0.319 e. The van der Waals surface area contributed by atoms with E-state index in [-0.39, 0.29) is 18.0 Å². The first kappa shape index (κ1) is 24.2. The van der Waals surface area contributed by atoms with Crippen LogP contribution in [-0.2, 0) is 0 Å². The van der Waals surface area contributed by atoms with Crippen LogP contribution < -0.4 is 20.9 Å². The minimum atomic E-state index is -0.429. The number of hydrogen-bond acceptors (Lipinski definition) is 4. The molecule has 0 aromatic heterocycles. The number of urea groups is 1. The highest BCUT2D eigenvalue weighted by Crippen LogP contribution is 2.17. The van der Waals surface area contributed by atoms with E-state index in [1.165, 1.54) is 23.9 Å². The summed E-state index contributed by atoms with van der Waals surface area (Å²) in [5.74, 6) is -0.815. The van der Waals surface area contributed by atoms with Crippen LogP contribution in [-0.4, -0.2) is 55.6 Å². The quantitative estimate of drug-likeness (QED) is 0.473. The Morgan fingerprint density at radius 2 is 1.54 bits per heavy atom. The third-order valence-corrected chi connectivity index (χ3v) is 6.08. The fraction of sp³-hybridized carbons (Fsp3) is 0.259. The van der Waals surface area contributed by atoms with Crippen molar-refractivity contribution in [3.63, 3.8) is 0 Å². The lowest BCUT2D eigenvalue weighted by Crippen LogP contribution is -2.52. The molecule has 1 aliphatic heterocycles. The second-order valence-corrected chi connectivity index (χ2v) is 8.59. The maximum atomic E-state index is 13.4. The van der Waals surface area contributed by atoms with Gasteiger partial charge >= 0.3 is 6.03 Å². The zero-order valence-corrected chi connectivity index (χ0v) is 19.7. The Morgan fingerprint density at radius 1 is 0.857 bits per heavy atom. The Bertz CT molecular complexity index is 1150. The van der Waals surface area contributed by atoms with Crippen LogP contribution in [0.25, 0.3) is 0 Å². The van der Waals surface area contributed by atoms with Gasteiger partial charge in [0.2, 0.25) is 0 Å². The molecule has 1 fully saturated rings. The first-order chi connectivity index (χ1) is 17.0. The van der Waals surface area contributed by atoms with Gasteiger partial charge in [0.25, 0.3) is 5.91 Å². The summed E-state index contributed by atoms with van der Waals surface area (Å²) in [6.07, 6.45) is 0. The Balaban J connectivity index is 1.23. The van der Waals surface area contributed by atoms with Crippen LogP contribution in [0.15, 0.2) is 78.9 Å². The van der Waals surface area contributed by atoms with Gasteiger partial charge < -0.3 is 20.9 Å². The molecule has 3 N–H and O–H groups in total. The van der Waals surface area contributed by atoms with Crippen LogP contribution in [0.5, 0.6) is 0 Å². The lowest BCUT2D eigenvalue weighted by Gasteiger charge is -2.39. The first-order valence-electron chi connectivity index (χ1n) is 11.7. The maximum absolute atomic E-state index is 13.4. The summed E-state index contributed by atoms with van der Waals surface area (Å²) >= 11 is 0. The summed E-state index contributed by atoms with van der Waals surface area (Å²) in [5.41, 5.74) is 2.46. The molecule has 1 heterocycles. The van der Waals surface area contributed by atoms with Gasteiger partial charge in [0, 0.05) is 61.4 Å². The van der Waals surface area contributed by atoms with Gasteiger partial charge in [-0.1, -0.05) is 30.3 Å². The molecule has 1 aliphatic rings. The molecule has 3 aromatic carbocycles. The summed E-state index contributed by atoms with van der Waals surface area (Å²) in [5, 5.41) is 8.35. The van der Waals surface area contributed by atoms with Crippen LogP contribution in [0.2, 0.25) is 0 Å². The molecule has 182 valence electrons. The molecule has 4 rings (SSSR count). The number of rotatable bonds is 7. The first-order valence-corrected chi connectivity index (χ1v) is 11.7. The van der Waals surface area contributed by atoms with E-state index < -0.39 is 5.82 Å². The highest BCUT2D eigenvalue weighted by atomic mass is 19.1. The van der Waals surface area contributed by atoms with Gasteiger partial charge in [-0.2, -0.15) is 0 Å². The minimum absolute atomic E-state index is 0.196. The highest BCUT2D eigenvalue weighted by molar-refractivity contribution is 6.05. The van der Waals surface area contributed by atoms with E-state index in [0.717, 1.165) is 26.2 Å². The molecule has 0 radical (unpaired) electrons. The SMILES string of the molecule is CC(CNC(=O)Nc1cccc(C(=O)Nc2cccc(F)c2)c1)N1CCN(c2ccccc2)CC1. The van der Waals surface area contributed by atoms with E-state index in [1.54, 1.807) is 30.3 Å². The standard InChI is InChI=1S/C27H30FN5O2/c1-20(32-13-15-33(16-14-32)25-11-3-2-4-12-25)19-29-27(35)31-23-9-5-7-21(17-23)26(34)30-24-10-6-8-22(28)18-24/h2-12,17-18,20H,13-16,19H2,1H3,(H,30,34)(H2,29,31,35). The number of amides is 3. The topological polar surface area (TPSA) is 76.7 Å². The van der Waals surface area contributed by atoms with Crippen molar-refractivity contribution in [1.82, 2.24) is 10.2 Å². The van der Waals surface area contributed by atoms with Crippen molar-refractivity contribution in [3.05, 3.63) is 90.2 Å². The molecule has 7 nitrogen and oxygen atoms in total. The van der Waals surface area contributed by atoms with Crippen LogP contribution >= 0.6 is 0 Å². The van der Waals surface area contributed by atoms with Gasteiger partial charge in [0.1, 0.15) is 5.82 Å². The molecule has 8 heteroatoms. The molecule has 1 atom stereocenters. The van der Waals surface area contributed by atoms with Gasteiger partial charge in [-0.05, 0) is 55.5 Å². The van der Waals surface area contributed by atoms with Gasteiger partial charge in [-0.3, -0.25) is 9.69 Å². The van der Waals surface area contributed by atoms with Crippen molar-refractivity contribution in [2.45, 2.75) is 13.0 Å². The summed E-state index contributed by atoms with van der Waals surface area (Å²) in [7, 11) is 0. The second kappa shape index (κ2) is 11.5. The number of halogens is 1. The van der Waals surface area contributed by atoms with Crippen molar-refractivity contribution in [3.8, 4) is 0 Å². The van der Waals surface area contributed by atoms with Crippen molar-refractivity contribution in [2.24, 2.45) is 0 Å². The average Bonchev–Trinajstić information content (AvgIpc) is 2.88. The van der Waals surface area contributed by atoms with Gasteiger partial charge in [0.15, 0.2) is 0 Å². The number of carbonyl (C=O) groups excluding carboxylic acids is 2. The predicted molar refractivity (Wildman–Crippen MR) is 138 cm³/mol. The van der Waals surface area contributed by atoms with E-state index in [9.17, 15) is 14.0 Å². The van der Waals surface area contributed by atoms with E-state index in [2.05, 4.69) is 56.9 Å². The number of nitrogens with one attached hydrogen (secondary N) is 3. The molecule has 3 amide bonds. The van der Waals surface area contributed by atoms with Crippen LogP contribution in [0.4, 0.5) is 26.2 Å². The Kier molecular flexibility index (Phi) is 7.95. The molecular weight excluding hydrogens is 445 g/mol. The van der Waals surface area contributed by atoms with Crippen LogP contribution in [0.3, 0.4) is 0 Å². The summed E-state index contributed by atoms with van der Waals surface area (Å²) in [4.78, 5) is 29.7. The van der Waals surface area contributed by atoms with E-state index in [1.807, 2.05) is 6.07 Å². The molecule has 1 saturated heterocycles. The molecule has 35 heavy (non-hydrogen) atoms. The third-order valence-electron chi connectivity index (χ3n) is 6.08. The molecule has 0 saturated carbocycles. The summed E-state index contributed by atoms with van der Waals surface area (Å²) < 4.78 is 13.4. The zero-order valence-electron chi connectivity index (χ0n) is 19.7. The monoisotopic (exact) mass is 475 g/mol. The number of hydrogen-bond donors (Lipinski definition) is 3. The average molecular weight is 476 g/mol. The van der Waals surface area contributed by atoms with Gasteiger partial charge in [-0.25, -0.2) is 9.18 Å². The van der Waals surface area contributed by atoms with Gasteiger partial charge in [0.05, 0.1) is 0 Å². The summed E-state index contributed by atoms with van der Waals surface area (Å²) in [6, 6.07) is 22.6. The van der Waals surface area contributed by atoms with Crippen LogP contribution in [0, 0.1) is 5.82 Å². The Labute approximate surface area is 204 Å². The number of para-hydroxylation sites is 1. The van der Waals surface area contributed by atoms with Crippen molar-refractivity contribution in [2.75, 3.05) is 48.3 Å². The Hall–Kier alpha value is -3.91. The normalized spacial score (nSPS) is 14.7. The number of anilines is 3. The third kappa shape index (κ3) is 6.80. The second-order valence-electron chi connectivity index (χ2n) is 8.59. The zero-order chi connectivity index (χ0) is 24.6. The van der Waals surface area contributed by atoms with E-state index in [0.29, 0.717) is 23.5 Å². The Morgan fingerprint density at radius 3 is 2.26 bits per heavy atom. The van der Waals surface area contributed by atoms with Gasteiger partial charge in [-0.15, -0.1) is 0 Å². The molecule has 0 spiro atoms. The fourth-order valence-corrected chi connectivity index (χ4v) is 4.11. The predicted octanol–water partition coefficient (Wildman–Crippen LogP) is 4.41. The van der Waals surface area contributed by atoms with Crippen molar-refractivity contribution >= 4 is 29.0 Å². The molecule has 3 aromatic rings. The van der Waals surface area contributed by atoms with Crippen molar-refractivity contribution < 1.29 is 14.0 Å². The smallest absolute Gasteiger partial charge is 0.319 e. The lowest BCUT2D eigenvalue weighted by atomic mass is 10.2. The molecule has 0 bridgehead atoms. The molecule has 0 aliphatic carbocycles. The number of benzene rings is 3. The highest BCUT2D eigenvalue weighted by Gasteiger charge is 2.21. The van der Waals surface area contributed by atoms with Crippen LogP contribution in [0.1, 0.15) is 17.3 Å². The number of carbonyl (C=O) groups is 2. The minimum Gasteiger partial charge on any atom is -0.369 e. The molecule has 1 unspecified atom stereocenters. The molecular formula is C27H30FN5O2. The van der Waals surface area contributed by atoms with E-state index >= 15 is 0 Å². The van der Waals surface area contributed by atoms with Crippen molar-refractivity contribution in [1.29, 1.82) is 0 Å². The lowest BCUT2D eigenvalue weighted by molar-refractivity contribution is 0.102. The number of piperazine rings is 1. The van der Waals surface area contributed by atoms with E-state index in [4.69, 9.17) is 0 Å². The number of nitrogens with zero attached hydrogens (tertiary/aromatic N) is 2. The fourth-order valence-electron chi connectivity index (χ4n) is 4.11.